The van der Waals surface area contributed by atoms with E-state index in [1.54, 1.807) is 6.07 Å². The fraction of sp³-hybridized carbons (Fsp3) is 0.583. The molecule has 1 saturated heterocycles. The molecule has 1 aromatic heterocycles. The van der Waals surface area contributed by atoms with E-state index in [1.807, 2.05) is 6.07 Å². The highest BCUT2D eigenvalue weighted by atomic mass is 35.5. The summed E-state index contributed by atoms with van der Waals surface area (Å²) < 4.78 is 0. The van der Waals surface area contributed by atoms with Crippen molar-refractivity contribution >= 4 is 23.1 Å². The second kappa shape index (κ2) is 5.10. The lowest BCUT2D eigenvalue weighted by Gasteiger charge is -2.35. The van der Waals surface area contributed by atoms with E-state index in [0.29, 0.717) is 16.9 Å². The average molecular weight is 255 g/mol. The van der Waals surface area contributed by atoms with Crippen molar-refractivity contribution in [2.24, 2.45) is 0 Å². The summed E-state index contributed by atoms with van der Waals surface area (Å²) in [7, 11) is 4.27. The molecule has 0 atom stereocenters. The quantitative estimate of drug-likeness (QED) is 0.819. The molecule has 1 fully saturated rings. The van der Waals surface area contributed by atoms with Crippen LogP contribution in [0.25, 0.3) is 0 Å². The van der Waals surface area contributed by atoms with Crippen LogP contribution in [0.5, 0.6) is 0 Å². The minimum atomic E-state index is 0.467. The SMILES string of the molecule is CN(C)C1CCN(c2cc(N)cc(Cl)n2)CC1. The van der Waals surface area contributed by atoms with Crippen molar-refractivity contribution in [1.82, 2.24) is 9.88 Å². The normalized spacial score (nSPS) is 17.8. The van der Waals surface area contributed by atoms with E-state index in [0.717, 1.165) is 31.7 Å². The smallest absolute Gasteiger partial charge is 0.133 e. The molecule has 0 saturated carbocycles. The van der Waals surface area contributed by atoms with E-state index in [1.165, 1.54) is 0 Å². The monoisotopic (exact) mass is 254 g/mol. The topological polar surface area (TPSA) is 45.4 Å². The van der Waals surface area contributed by atoms with Crippen molar-refractivity contribution in [1.29, 1.82) is 0 Å². The molecule has 17 heavy (non-hydrogen) atoms. The first-order valence-corrected chi connectivity index (χ1v) is 6.28. The summed E-state index contributed by atoms with van der Waals surface area (Å²) in [6.07, 6.45) is 2.31. The molecule has 2 N–H and O–H groups in total. The third kappa shape index (κ3) is 3.01. The molecule has 1 aromatic rings. The molecule has 0 radical (unpaired) electrons. The summed E-state index contributed by atoms with van der Waals surface area (Å²) in [5.74, 6) is 0.896. The molecule has 94 valence electrons. The van der Waals surface area contributed by atoms with Crippen molar-refractivity contribution in [3.8, 4) is 0 Å². The minimum Gasteiger partial charge on any atom is -0.399 e. The third-order valence-electron chi connectivity index (χ3n) is 3.32. The molecular weight excluding hydrogens is 236 g/mol. The van der Waals surface area contributed by atoms with Crippen LogP contribution in [-0.2, 0) is 0 Å². The number of nitrogens with zero attached hydrogens (tertiary/aromatic N) is 3. The van der Waals surface area contributed by atoms with Gasteiger partial charge < -0.3 is 15.5 Å². The van der Waals surface area contributed by atoms with Gasteiger partial charge in [-0.2, -0.15) is 0 Å². The number of aromatic nitrogens is 1. The Kier molecular flexibility index (Phi) is 3.74. The zero-order chi connectivity index (χ0) is 12.4. The van der Waals surface area contributed by atoms with E-state index in [2.05, 4.69) is 28.9 Å². The van der Waals surface area contributed by atoms with Crippen LogP contribution >= 0.6 is 11.6 Å². The van der Waals surface area contributed by atoms with E-state index >= 15 is 0 Å². The number of rotatable bonds is 2. The zero-order valence-corrected chi connectivity index (χ0v) is 11.1. The van der Waals surface area contributed by atoms with Crippen molar-refractivity contribution in [2.75, 3.05) is 37.8 Å². The minimum absolute atomic E-state index is 0.467. The Hall–Kier alpha value is -1.00. The predicted octanol–water partition coefficient (Wildman–Crippen LogP) is 1.85. The molecule has 0 aliphatic carbocycles. The predicted molar refractivity (Wildman–Crippen MR) is 72.6 cm³/mol. The van der Waals surface area contributed by atoms with Crippen molar-refractivity contribution in [3.05, 3.63) is 17.3 Å². The maximum Gasteiger partial charge on any atom is 0.133 e. The fourth-order valence-corrected chi connectivity index (χ4v) is 2.49. The molecule has 0 unspecified atom stereocenters. The number of hydrogen-bond acceptors (Lipinski definition) is 4. The number of nitrogens with two attached hydrogens (primary N) is 1. The lowest BCUT2D eigenvalue weighted by atomic mass is 10.0. The number of hydrogen-bond donors (Lipinski definition) is 1. The lowest BCUT2D eigenvalue weighted by Crippen LogP contribution is -2.42. The largest absolute Gasteiger partial charge is 0.399 e. The maximum atomic E-state index is 5.92. The molecule has 2 heterocycles. The molecule has 1 aliphatic heterocycles. The number of anilines is 2. The second-order valence-corrected chi connectivity index (χ2v) is 5.15. The molecular formula is C12H19ClN4. The highest BCUT2D eigenvalue weighted by Crippen LogP contribution is 2.23. The average Bonchev–Trinajstić information content (AvgIpc) is 2.28. The summed E-state index contributed by atoms with van der Waals surface area (Å²) in [6, 6.07) is 4.24. The number of pyridine rings is 1. The van der Waals surface area contributed by atoms with Gasteiger partial charge in [0.25, 0.3) is 0 Å². The summed E-state index contributed by atoms with van der Waals surface area (Å²) in [4.78, 5) is 8.87. The van der Waals surface area contributed by atoms with Crippen LogP contribution in [0.3, 0.4) is 0 Å². The highest BCUT2D eigenvalue weighted by molar-refractivity contribution is 6.29. The van der Waals surface area contributed by atoms with Gasteiger partial charge in [0.05, 0.1) is 0 Å². The van der Waals surface area contributed by atoms with E-state index in [-0.39, 0.29) is 0 Å². The Morgan fingerprint density at radius 3 is 2.53 bits per heavy atom. The number of piperidine rings is 1. The van der Waals surface area contributed by atoms with Crippen LogP contribution in [0.1, 0.15) is 12.8 Å². The van der Waals surface area contributed by atoms with Gasteiger partial charge in [0, 0.05) is 30.9 Å². The first kappa shape index (κ1) is 12.5. The molecule has 1 aliphatic rings. The van der Waals surface area contributed by atoms with Crippen LogP contribution in [0, 0.1) is 0 Å². The van der Waals surface area contributed by atoms with Crippen LogP contribution in [0.2, 0.25) is 5.15 Å². The van der Waals surface area contributed by atoms with Gasteiger partial charge in [0.1, 0.15) is 11.0 Å². The fourth-order valence-electron chi connectivity index (χ4n) is 2.28. The second-order valence-electron chi connectivity index (χ2n) is 4.76. The van der Waals surface area contributed by atoms with Crippen molar-refractivity contribution < 1.29 is 0 Å². The lowest BCUT2D eigenvalue weighted by molar-refractivity contribution is 0.249. The molecule has 2 rings (SSSR count). The van der Waals surface area contributed by atoms with Crippen LogP contribution in [0.4, 0.5) is 11.5 Å². The standard InChI is InChI=1S/C12H19ClN4/c1-16(2)10-3-5-17(6-4-10)12-8-9(14)7-11(13)15-12/h7-8,10H,3-6H2,1-2H3,(H2,14,15). The molecule has 0 spiro atoms. The van der Waals surface area contributed by atoms with Gasteiger partial charge >= 0.3 is 0 Å². The van der Waals surface area contributed by atoms with Crippen LogP contribution in [-0.4, -0.2) is 43.1 Å². The Labute approximate surface area is 107 Å². The van der Waals surface area contributed by atoms with Gasteiger partial charge in [-0.3, -0.25) is 0 Å². The summed E-state index contributed by atoms with van der Waals surface area (Å²) in [5, 5.41) is 0.467. The number of nitrogen functional groups attached to an aromatic ring is 1. The molecule has 4 nitrogen and oxygen atoms in total. The summed E-state index contributed by atoms with van der Waals surface area (Å²) in [6.45, 7) is 2.02. The van der Waals surface area contributed by atoms with Crippen molar-refractivity contribution in [2.45, 2.75) is 18.9 Å². The number of halogens is 1. The van der Waals surface area contributed by atoms with E-state index in [4.69, 9.17) is 17.3 Å². The van der Waals surface area contributed by atoms with Crippen LogP contribution < -0.4 is 10.6 Å². The Bertz CT molecular complexity index is 366. The molecule has 0 bridgehead atoms. The van der Waals surface area contributed by atoms with Gasteiger partial charge in [-0.05, 0) is 33.0 Å². The van der Waals surface area contributed by atoms with Gasteiger partial charge in [0.2, 0.25) is 0 Å². The maximum absolute atomic E-state index is 5.92. The zero-order valence-electron chi connectivity index (χ0n) is 10.4. The summed E-state index contributed by atoms with van der Waals surface area (Å²) >= 11 is 5.92. The first-order chi connectivity index (χ1) is 8.06. The Morgan fingerprint density at radius 2 is 2.00 bits per heavy atom. The summed E-state index contributed by atoms with van der Waals surface area (Å²) in [5.41, 5.74) is 6.46. The van der Waals surface area contributed by atoms with Crippen LogP contribution in [0.15, 0.2) is 12.1 Å². The Morgan fingerprint density at radius 1 is 1.35 bits per heavy atom. The Balaban J connectivity index is 2.05. The van der Waals surface area contributed by atoms with E-state index < -0.39 is 0 Å². The van der Waals surface area contributed by atoms with Gasteiger partial charge in [-0.1, -0.05) is 11.6 Å². The van der Waals surface area contributed by atoms with Gasteiger partial charge in [-0.25, -0.2) is 4.98 Å². The molecule has 0 aromatic carbocycles. The third-order valence-corrected chi connectivity index (χ3v) is 3.52. The molecule has 5 heteroatoms. The van der Waals surface area contributed by atoms with E-state index in [9.17, 15) is 0 Å². The molecule has 0 amide bonds. The highest BCUT2D eigenvalue weighted by Gasteiger charge is 2.21. The first-order valence-electron chi connectivity index (χ1n) is 5.90. The van der Waals surface area contributed by atoms with Gasteiger partial charge in [-0.15, -0.1) is 0 Å². The van der Waals surface area contributed by atoms with Gasteiger partial charge in [0.15, 0.2) is 0 Å². The van der Waals surface area contributed by atoms with Crippen molar-refractivity contribution in [3.63, 3.8) is 0 Å².